The molecule has 1 aromatic rings. The van der Waals surface area contributed by atoms with E-state index in [1.807, 2.05) is 0 Å². The van der Waals surface area contributed by atoms with Gasteiger partial charge in [-0.05, 0) is 12.1 Å². The minimum Gasteiger partial charge on any atom is -0.478 e. The molecule has 5 nitrogen and oxygen atoms in total. The zero-order chi connectivity index (χ0) is 10.6. The van der Waals surface area contributed by atoms with Crippen molar-refractivity contribution in [2.75, 3.05) is 0 Å². The minimum atomic E-state index is -1.06. The first-order valence-corrected chi connectivity index (χ1v) is 3.63. The molecule has 0 bridgehead atoms. The Labute approximate surface area is 79.3 Å². The fourth-order valence-electron chi connectivity index (χ4n) is 0.908. The van der Waals surface area contributed by atoms with Crippen molar-refractivity contribution < 1.29 is 19.9 Å². The third kappa shape index (κ3) is 1.95. The third-order valence-corrected chi connectivity index (χ3v) is 1.60. The van der Waals surface area contributed by atoms with Crippen LogP contribution in [-0.2, 0) is 4.79 Å². The predicted molar refractivity (Wildman–Crippen MR) is 47.4 cm³/mol. The van der Waals surface area contributed by atoms with E-state index in [0.717, 1.165) is 0 Å². The van der Waals surface area contributed by atoms with Gasteiger partial charge in [0.15, 0.2) is 5.71 Å². The van der Waals surface area contributed by atoms with E-state index in [4.69, 9.17) is 10.3 Å². The number of benzene rings is 1. The maximum Gasteiger partial charge on any atom is 0.335 e. The number of carbonyl (C=O) groups excluding carboxylic acids is 1. The van der Waals surface area contributed by atoms with Gasteiger partial charge >= 0.3 is 5.97 Å². The number of carboxylic acids is 1. The van der Waals surface area contributed by atoms with Gasteiger partial charge < -0.3 is 10.3 Å². The number of hydrogen-bond acceptors (Lipinski definition) is 4. The molecule has 0 amide bonds. The zero-order valence-electron chi connectivity index (χ0n) is 6.97. The molecule has 0 saturated heterocycles. The minimum absolute atomic E-state index is 0.0944. The van der Waals surface area contributed by atoms with Crippen LogP contribution in [0.3, 0.4) is 0 Å². The molecule has 1 radical (unpaired) electrons. The van der Waals surface area contributed by atoms with Crippen LogP contribution in [0.15, 0.2) is 29.4 Å². The average Bonchev–Trinajstić information content (AvgIpc) is 2.20. The molecule has 1 rings (SSSR count). The summed E-state index contributed by atoms with van der Waals surface area (Å²) in [6, 6.07) is 5.34. The predicted octanol–water partition coefficient (Wildman–Crippen LogP) is 0.673. The number of hydrogen-bond donors (Lipinski definition) is 2. The van der Waals surface area contributed by atoms with E-state index in [1.54, 1.807) is 0 Å². The van der Waals surface area contributed by atoms with Crippen molar-refractivity contribution >= 4 is 18.0 Å². The number of carboxylic acid groups (broad SMARTS) is 1. The Morgan fingerprint density at radius 2 is 1.71 bits per heavy atom. The maximum absolute atomic E-state index is 10.5. The highest BCUT2D eigenvalue weighted by molar-refractivity contribution is 6.36. The molecule has 0 unspecified atom stereocenters. The van der Waals surface area contributed by atoms with E-state index in [0.29, 0.717) is 5.56 Å². The molecule has 0 spiro atoms. The molecule has 0 fully saturated rings. The van der Waals surface area contributed by atoms with E-state index in [2.05, 4.69) is 5.16 Å². The summed E-state index contributed by atoms with van der Waals surface area (Å²) < 4.78 is 0. The van der Waals surface area contributed by atoms with Gasteiger partial charge in [0.25, 0.3) is 6.29 Å². The van der Waals surface area contributed by atoms with E-state index >= 15 is 0 Å². The molecule has 0 heterocycles. The summed E-state index contributed by atoms with van der Waals surface area (Å²) >= 11 is 0. The Morgan fingerprint density at radius 1 is 1.21 bits per heavy atom. The summed E-state index contributed by atoms with van der Waals surface area (Å²) in [5.74, 6) is -1.06. The van der Waals surface area contributed by atoms with Crippen LogP contribution in [-0.4, -0.2) is 28.3 Å². The van der Waals surface area contributed by atoms with Gasteiger partial charge in [-0.25, -0.2) is 4.79 Å². The summed E-state index contributed by atoms with van der Waals surface area (Å²) in [5.41, 5.74) is 0.145. The number of oxime groups is 1. The molecule has 0 aromatic heterocycles. The highest BCUT2D eigenvalue weighted by Gasteiger charge is 2.06. The molecule has 14 heavy (non-hydrogen) atoms. The highest BCUT2D eigenvalue weighted by atomic mass is 16.4. The third-order valence-electron chi connectivity index (χ3n) is 1.60. The standard InChI is InChI=1S/C9H6NO4/c11-5-8(10-14)6-1-3-7(4-2-6)9(12)13/h1-4,14H,(H,12,13)/b10-8-. The first-order valence-electron chi connectivity index (χ1n) is 3.63. The van der Waals surface area contributed by atoms with Crippen LogP contribution in [0.25, 0.3) is 0 Å². The number of aromatic carboxylic acids is 1. The topological polar surface area (TPSA) is 87.0 Å². The normalized spacial score (nSPS) is 11.0. The lowest BCUT2D eigenvalue weighted by Crippen LogP contribution is -2.03. The molecule has 0 aliphatic rings. The molecule has 0 atom stereocenters. The van der Waals surface area contributed by atoms with Gasteiger partial charge in [-0.3, -0.25) is 4.79 Å². The summed E-state index contributed by atoms with van der Waals surface area (Å²) in [5, 5.41) is 19.6. The Hall–Kier alpha value is -2.17. The lowest BCUT2D eigenvalue weighted by Gasteiger charge is -1.97. The van der Waals surface area contributed by atoms with Crippen molar-refractivity contribution in [1.29, 1.82) is 0 Å². The lowest BCUT2D eigenvalue weighted by molar-refractivity contribution is 0.0697. The van der Waals surface area contributed by atoms with Gasteiger partial charge in [0.05, 0.1) is 5.56 Å². The van der Waals surface area contributed by atoms with Crippen molar-refractivity contribution in [3.05, 3.63) is 35.4 Å². The van der Waals surface area contributed by atoms with Gasteiger partial charge in [-0.2, -0.15) is 0 Å². The monoisotopic (exact) mass is 192 g/mol. The van der Waals surface area contributed by atoms with Crippen molar-refractivity contribution in [3.8, 4) is 0 Å². The fourth-order valence-corrected chi connectivity index (χ4v) is 0.908. The maximum atomic E-state index is 10.5. The molecule has 0 aliphatic heterocycles. The summed E-state index contributed by atoms with van der Waals surface area (Å²) in [4.78, 5) is 20.7. The molecule has 1 aromatic carbocycles. The van der Waals surface area contributed by atoms with Crippen LogP contribution in [0.2, 0.25) is 0 Å². The van der Waals surface area contributed by atoms with Gasteiger partial charge in [0.1, 0.15) is 0 Å². The van der Waals surface area contributed by atoms with Crippen LogP contribution >= 0.6 is 0 Å². The first kappa shape index (κ1) is 9.91. The number of rotatable bonds is 3. The summed E-state index contributed by atoms with van der Waals surface area (Å²) in [7, 11) is 0. The van der Waals surface area contributed by atoms with Crippen LogP contribution in [0, 0.1) is 0 Å². The van der Waals surface area contributed by atoms with Crippen molar-refractivity contribution in [2.45, 2.75) is 0 Å². The van der Waals surface area contributed by atoms with E-state index < -0.39 is 5.97 Å². The van der Waals surface area contributed by atoms with Gasteiger partial charge in [-0.1, -0.05) is 17.3 Å². The van der Waals surface area contributed by atoms with Crippen molar-refractivity contribution in [3.63, 3.8) is 0 Å². The Balaban J connectivity index is 3.05. The SMILES string of the molecule is O=[C]/C(=N/O)c1ccc(C(=O)O)cc1. The second-order valence-corrected chi connectivity index (χ2v) is 2.43. The Bertz CT molecular complexity index is 380. The summed E-state index contributed by atoms with van der Waals surface area (Å²) in [6.07, 6.45) is 1.42. The van der Waals surface area contributed by atoms with Crippen molar-refractivity contribution in [2.24, 2.45) is 5.16 Å². The lowest BCUT2D eigenvalue weighted by atomic mass is 10.1. The number of nitrogens with zero attached hydrogens (tertiary/aromatic N) is 1. The Morgan fingerprint density at radius 3 is 2.07 bits per heavy atom. The second kappa shape index (κ2) is 4.18. The van der Waals surface area contributed by atoms with Gasteiger partial charge in [0.2, 0.25) is 0 Å². The smallest absolute Gasteiger partial charge is 0.335 e. The van der Waals surface area contributed by atoms with Crippen LogP contribution in [0.1, 0.15) is 15.9 Å². The molecule has 5 heteroatoms. The first-order chi connectivity index (χ1) is 6.69. The largest absolute Gasteiger partial charge is 0.478 e. The molecular formula is C9H6NO4. The van der Waals surface area contributed by atoms with E-state index in [1.165, 1.54) is 30.6 Å². The van der Waals surface area contributed by atoms with Crippen LogP contribution in [0.4, 0.5) is 0 Å². The Kier molecular flexibility index (Phi) is 2.96. The van der Waals surface area contributed by atoms with E-state index in [9.17, 15) is 9.59 Å². The van der Waals surface area contributed by atoms with Gasteiger partial charge in [-0.15, -0.1) is 0 Å². The van der Waals surface area contributed by atoms with E-state index in [-0.39, 0.29) is 11.3 Å². The molecule has 0 aliphatic carbocycles. The molecule has 71 valence electrons. The zero-order valence-corrected chi connectivity index (χ0v) is 6.97. The molecule has 2 N–H and O–H groups in total. The van der Waals surface area contributed by atoms with Crippen LogP contribution in [0.5, 0.6) is 0 Å². The number of carbonyl (C=O) groups is 1. The van der Waals surface area contributed by atoms with Crippen LogP contribution < -0.4 is 0 Å². The molecule has 0 saturated carbocycles. The average molecular weight is 192 g/mol. The van der Waals surface area contributed by atoms with Gasteiger partial charge in [0, 0.05) is 5.56 Å². The summed E-state index contributed by atoms with van der Waals surface area (Å²) in [6.45, 7) is 0. The van der Waals surface area contributed by atoms with Crippen molar-refractivity contribution in [1.82, 2.24) is 0 Å². The second-order valence-electron chi connectivity index (χ2n) is 2.43. The highest BCUT2D eigenvalue weighted by Crippen LogP contribution is 2.04. The fraction of sp³-hybridized carbons (Fsp3) is 0. The quantitative estimate of drug-likeness (QED) is 0.418. The molecular weight excluding hydrogens is 186 g/mol.